The van der Waals surface area contributed by atoms with Gasteiger partial charge in [-0.25, -0.2) is 4.98 Å². The summed E-state index contributed by atoms with van der Waals surface area (Å²) in [7, 11) is 0. The maximum atomic E-state index is 9.80. The zero-order valence-electron chi connectivity index (χ0n) is 18.7. The summed E-state index contributed by atoms with van der Waals surface area (Å²) in [4.78, 5) is 4.79. The van der Waals surface area contributed by atoms with Crippen molar-refractivity contribution in [3.05, 3.63) is 41.5 Å². The first-order chi connectivity index (χ1) is 14.8. The second kappa shape index (κ2) is 11.6. The van der Waals surface area contributed by atoms with Crippen LogP contribution in [0.1, 0.15) is 89.2 Å². The van der Waals surface area contributed by atoms with E-state index in [2.05, 4.69) is 41.8 Å². The molecule has 0 radical (unpaired) electrons. The molecule has 0 saturated heterocycles. The number of rotatable bonds is 13. The Labute approximate surface area is 181 Å². The standard InChI is InChI=1S/C26H36N4/c1-3-5-6-7-8-9-10-11-14-18-28-25-19-21(15-4-2)22(20-27)26-29-23-16-12-13-17-24(23)30(25)26/h12-13,16-17,19,28H,3-11,14-15,18H2,1-2H3. The summed E-state index contributed by atoms with van der Waals surface area (Å²) in [6.07, 6.45) is 13.9. The Hall–Kier alpha value is -2.54. The molecule has 0 aliphatic carbocycles. The Morgan fingerprint density at radius 1 is 0.933 bits per heavy atom. The highest BCUT2D eigenvalue weighted by Crippen LogP contribution is 2.27. The molecule has 4 heteroatoms. The average molecular weight is 405 g/mol. The predicted molar refractivity (Wildman–Crippen MR) is 127 cm³/mol. The van der Waals surface area contributed by atoms with Gasteiger partial charge in [0.1, 0.15) is 11.9 Å². The first-order valence-electron chi connectivity index (χ1n) is 11.9. The first-order valence-corrected chi connectivity index (χ1v) is 11.9. The van der Waals surface area contributed by atoms with Crippen LogP contribution in [0.4, 0.5) is 5.82 Å². The molecule has 0 aliphatic heterocycles. The lowest BCUT2D eigenvalue weighted by atomic mass is 10.1. The molecule has 160 valence electrons. The minimum Gasteiger partial charge on any atom is -0.371 e. The molecule has 0 atom stereocenters. The highest BCUT2D eigenvalue weighted by atomic mass is 15.1. The van der Waals surface area contributed by atoms with Crippen LogP contribution < -0.4 is 5.32 Å². The van der Waals surface area contributed by atoms with Crippen molar-refractivity contribution in [2.75, 3.05) is 11.9 Å². The number of fused-ring (bicyclic) bond motifs is 3. The number of imidazole rings is 1. The van der Waals surface area contributed by atoms with Gasteiger partial charge in [0.05, 0.1) is 16.6 Å². The fourth-order valence-corrected chi connectivity index (χ4v) is 4.25. The summed E-state index contributed by atoms with van der Waals surface area (Å²) < 4.78 is 2.13. The van der Waals surface area contributed by atoms with E-state index in [0.29, 0.717) is 5.56 Å². The second-order valence-electron chi connectivity index (χ2n) is 8.31. The van der Waals surface area contributed by atoms with Crippen molar-refractivity contribution in [2.24, 2.45) is 0 Å². The summed E-state index contributed by atoms with van der Waals surface area (Å²) in [6.45, 7) is 5.38. The summed E-state index contributed by atoms with van der Waals surface area (Å²) in [5.41, 5.74) is 4.58. The quantitative estimate of drug-likeness (QED) is 0.305. The molecule has 30 heavy (non-hydrogen) atoms. The third-order valence-corrected chi connectivity index (χ3v) is 5.87. The zero-order chi connectivity index (χ0) is 21.2. The predicted octanol–water partition coefficient (Wildman–Crippen LogP) is 7.25. The number of hydrogen-bond donors (Lipinski definition) is 1. The highest BCUT2D eigenvalue weighted by molar-refractivity contribution is 5.85. The molecule has 0 spiro atoms. The fraction of sp³-hybridized carbons (Fsp3) is 0.538. The molecule has 0 saturated carbocycles. The lowest BCUT2D eigenvalue weighted by Gasteiger charge is -2.14. The highest BCUT2D eigenvalue weighted by Gasteiger charge is 2.16. The normalized spacial score (nSPS) is 11.2. The zero-order valence-corrected chi connectivity index (χ0v) is 18.7. The number of hydrogen-bond acceptors (Lipinski definition) is 3. The van der Waals surface area contributed by atoms with Gasteiger partial charge in [0.15, 0.2) is 5.65 Å². The van der Waals surface area contributed by atoms with Crippen LogP contribution in [0, 0.1) is 11.3 Å². The number of unbranched alkanes of at least 4 members (excludes halogenated alkanes) is 8. The van der Waals surface area contributed by atoms with Gasteiger partial charge in [0, 0.05) is 6.54 Å². The summed E-state index contributed by atoms with van der Waals surface area (Å²) >= 11 is 0. The van der Waals surface area contributed by atoms with Crippen molar-refractivity contribution < 1.29 is 0 Å². The number of anilines is 1. The molecule has 0 aliphatic rings. The van der Waals surface area contributed by atoms with Crippen LogP contribution >= 0.6 is 0 Å². The van der Waals surface area contributed by atoms with Crippen LogP contribution in [0.25, 0.3) is 16.7 Å². The minimum atomic E-state index is 0.710. The Bertz CT molecular complexity index is 980. The number of nitrogens with zero attached hydrogens (tertiary/aromatic N) is 3. The topological polar surface area (TPSA) is 53.1 Å². The molecule has 2 heterocycles. The van der Waals surface area contributed by atoms with E-state index in [4.69, 9.17) is 4.98 Å². The molecule has 1 aromatic carbocycles. The van der Waals surface area contributed by atoms with E-state index in [1.165, 1.54) is 57.8 Å². The Morgan fingerprint density at radius 3 is 2.33 bits per heavy atom. The molecule has 0 amide bonds. The van der Waals surface area contributed by atoms with Gasteiger partial charge in [-0.2, -0.15) is 5.26 Å². The van der Waals surface area contributed by atoms with Gasteiger partial charge in [0.25, 0.3) is 0 Å². The number of aryl methyl sites for hydroxylation is 1. The monoisotopic (exact) mass is 404 g/mol. The van der Waals surface area contributed by atoms with Crippen LogP contribution in [-0.4, -0.2) is 15.9 Å². The van der Waals surface area contributed by atoms with E-state index in [-0.39, 0.29) is 0 Å². The number of benzene rings is 1. The summed E-state index contributed by atoms with van der Waals surface area (Å²) in [6, 6.07) is 12.7. The van der Waals surface area contributed by atoms with Gasteiger partial charge in [-0.15, -0.1) is 0 Å². The molecule has 3 aromatic rings. The van der Waals surface area contributed by atoms with Crippen molar-refractivity contribution in [1.29, 1.82) is 5.26 Å². The SMILES string of the molecule is CCCCCCCCCCCNc1cc(CCC)c(C#N)c2nc3ccccc3n12. The van der Waals surface area contributed by atoms with Gasteiger partial charge in [-0.3, -0.25) is 4.40 Å². The molecule has 3 rings (SSSR count). The number of aromatic nitrogens is 2. The van der Waals surface area contributed by atoms with Gasteiger partial charge in [0.2, 0.25) is 0 Å². The van der Waals surface area contributed by atoms with Crippen molar-refractivity contribution in [3.8, 4) is 6.07 Å². The van der Waals surface area contributed by atoms with Crippen molar-refractivity contribution in [3.63, 3.8) is 0 Å². The lowest BCUT2D eigenvalue weighted by Crippen LogP contribution is -2.08. The Balaban J connectivity index is 1.67. The lowest BCUT2D eigenvalue weighted by molar-refractivity contribution is 0.569. The van der Waals surface area contributed by atoms with E-state index >= 15 is 0 Å². The molecule has 0 bridgehead atoms. The molecule has 1 N–H and O–H groups in total. The minimum absolute atomic E-state index is 0.710. The Morgan fingerprint density at radius 2 is 1.63 bits per heavy atom. The summed E-state index contributed by atoms with van der Waals surface area (Å²) in [5.74, 6) is 1.06. The van der Waals surface area contributed by atoms with Gasteiger partial charge in [-0.05, 0) is 36.6 Å². The molecular formula is C26H36N4. The number of para-hydroxylation sites is 2. The van der Waals surface area contributed by atoms with Crippen molar-refractivity contribution in [1.82, 2.24) is 9.38 Å². The summed E-state index contributed by atoms with van der Waals surface area (Å²) in [5, 5.41) is 13.4. The number of nitriles is 1. The second-order valence-corrected chi connectivity index (χ2v) is 8.31. The van der Waals surface area contributed by atoms with E-state index in [1.807, 2.05) is 18.2 Å². The number of nitrogens with one attached hydrogen (secondary N) is 1. The molecule has 4 nitrogen and oxygen atoms in total. The third kappa shape index (κ3) is 5.33. The first kappa shape index (κ1) is 22.2. The molecule has 0 unspecified atom stereocenters. The fourth-order valence-electron chi connectivity index (χ4n) is 4.25. The van der Waals surface area contributed by atoms with Crippen LogP contribution in [0.3, 0.4) is 0 Å². The third-order valence-electron chi connectivity index (χ3n) is 5.87. The molecule has 2 aromatic heterocycles. The van der Waals surface area contributed by atoms with Crippen LogP contribution in [0.2, 0.25) is 0 Å². The van der Waals surface area contributed by atoms with Gasteiger partial charge < -0.3 is 5.32 Å². The van der Waals surface area contributed by atoms with E-state index in [9.17, 15) is 5.26 Å². The van der Waals surface area contributed by atoms with Crippen molar-refractivity contribution >= 4 is 22.5 Å². The van der Waals surface area contributed by atoms with E-state index < -0.39 is 0 Å². The van der Waals surface area contributed by atoms with Crippen molar-refractivity contribution in [2.45, 2.75) is 84.5 Å². The number of pyridine rings is 1. The van der Waals surface area contributed by atoms with Crippen LogP contribution in [0.5, 0.6) is 0 Å². The molecule has 0 fully saturated rings. The maximum Gasteiger partial charge on any atom is 0.157 e. The Kier molecular flexibility index (Phi) is 8.56. The van der Waals surface area contributed by atoms with Gasteiger partial charge >= 0.3 is 0 Å². The largest absolute Gasteiger partial charge is 0.371 e. The molecular weight excluding hydrogens is 368 g/mol. The average Bonchev–Trinajstić information content (AvgIpc) is 3.15. The van der Waals surface area contributed by atoms with E-state index in [1.54, 1.807) is 0 Å². The maximum absolute atomic E-state index is 9.80. The van der Waals surface area contributed by atoms with Gasteiger partial charge in [-0.1, -0.05) is 83.8 Å². The van der Waals surface area contributed by atoms with Crippen LogP contribution in [0.15, 0.2) is 30.3 Å². The smallest absolute Gasteiger partial charge is 0.157 e. The van der Waals surface area contributed by atoms with Crippen LogP contribution in [-0.2, 0) is 6.42 Å². The van der Waals surface area contributed by atoms with E-state index in [0.717, 1.165) is 47.4 Å².